The van der Waals surface area contributed by atoms with Crippen LogP contribution in [0.25, 0.3) is 0 Å². The predicted octanol–water partition coefficient (Wildman–Crippen LogP) is -0.411. The van der Waals surface area contributed by atoms with Crippen molar-refractivity contribution in [3.8, 4) is 0 Å². The highest BCUT2D eigenvalue weighted by molar-refractivity contribution is 4.92. The number of aromatic nitrogens is 2. The molecule has 1 aromatic heterocycles. The summed E-state index contributed by atoms with van der Waals surface area (Å²) in [5, 5.41) is 0. The number of nitrogens with two attached hydrogens (primary N) is 1. The van der Waals surface area contributed by atoms with Crippen LogP contribution in [0.2, 0.25) is 0 Å². The van der Waals surface area contributed by atoms with Crippen molar-refractivity contribution in [1.82, 2.24) is 9.55 Å². The Balaban J connectivity index is 2.41. The number of nitrogens with zero attached hydrogens (tertiary/aromatic N) is 1. The van der Waals surface area contributed by atoms with Crippen molar-refractivity contribution in [3.05, 3.63) is 33.1 Å². The largest absolute Gasteiger partial charge is 0.328 e. The lowest BCUT2D eigenvalue weighted by Crippen LogP contribution is -2.37. The summed E-state index contributed by atoms with van der Waals surface area (Å²) in [6.07, 6.45) is 4.41. The van der Waals surface area contributed by atoms with Gasteiger partial charge in [0.05, 0.1) is 6.04 Å². The van der Waals surface area contributed by atoms with Crippen LogP contribution in [0.15, 0.2) is 21.9 Å². The lowest BCUT2D eigenvalue weighted by atomic mass is 10.2. The van der Waals surface area contributed by atoms with E-state index in [1.54, 1.807) is 0 Å². The standard InChI is InChI=1S/C9H13N3O2/c10-6-2-1-3-7(6)12-5-4-8(13)11-9(12)14/h4-7H,1-3,10H2,(H,11,13,14). The molecule has 0 aliphatic heterocycles. The van der Waals surface area contributed by atoms with Crippen LogP contribution in [0.4, 0.5) is 0 Å². The third kappa shape index (κ3) is 1.50. The minimum absolute atomic E-state index is 0.0265. The molecule has 14 heavy (non-hydrogen) atoms. The molecule has 1 aliphatic rings. The monoisotopic (exact) mass is 195 g/mol. The zero-order valence-corrected chi connectivity index (χ0v) is 7.77. The summed E-state index contributed by atoms with van der Waals surface area (Å²) in [7, 11) is 0. The molecule has 0 bridgehead atoms. The highest BCUT2D eigenvalue weighted by Gasteiger charge is 2.25. The quantitative estimate of drug-likeness (QED) is 0.639. The Kier molecular flexibility index (Phi) is 2.25. The average Bonchev–Trinajstić information content (AvgIpc) is 2.52. The molecule has 5 heteroatoms. The highest BCUT2D eigenvalue weighted by Crippen LogP contribution is 2.26. The number of rotatable bonds is 1. The van der Waals surface area contributed by atoms with E-state index in [1.807, 2.05) is 0 Å². The van der Waals surface area contributed by atoms with E-state index in [4.69, 9.17) is 5.73 Å². The van der Waals surface area contributed by atoms with Crippen LogP contribution in [-0.2, 0) is 0 Å². The van der Waals surface area contributed by atoms with Crippen LogP contribution in [0.1, 0.15) is 25.3 Å². The molecule has 0 aromatic carbocycles. The Morgan fingerprint density at radius 2 is 2.21 bits per heavy atom. The van der Waals surface area contributed by atoms with Crippen LogP contribution >= 0.6 is 0 Å². The first-order valence-corrected chi connectivity index (χ1v) is 4.75. The van der Waals surface area contributed by atoms with Crippen LogP contribution in [0, 0.1) is 0 Å². The molecular formula is C9H13N3O2. The summed E-state index contributed by atoms with van der Waals surface area (Å²) in [6, 6.07) is 1.42. The number of nitrogens with one attached hydrogen (secondary N) is 1. The summed E-state index contributed by atoms with van der Waals surface area (Å²) >= 11 is 0. The van der Waals surface area contributed by atoms with E-state index < -0.39 is 0 Å². The number of hydrogen-bond donors (Lipinski definition) is 2. The van der Waals surface area contributed by atoms with Crippen molar-refractivity contribution in [2.75, 3.05) is 0 Å². The second-order valence-electron chi connectivity index (χ2n) is 3.68. The lowest BCUT2D eigenvalue weighted by Gasteiger charge is -2.17. The topological polar surface area (TPSA) is 80.9 Å². The maximum Gasteiger partial charge on any atom is 0.328 e. The van der Waals surface area contributed by atoms with Gasteiger partial charge < -0.3 is 5.73 Å². The first-order valence-electron chi connectivity index (χ1n) is 4.75. The SMILES string of the molecule is NC1CCCC1n1ccc(=O)[nH]c1=O. The molecule has 1 heterocycles. The number of aromatic amines is 1. The summed E-state index contributed by atoms with van der Waals surface area (Å²) in [5.74, 6) is 0. The van der Waals surface area contributed by atoms with Gasteiger partial charge in [-0.15, -0.1) is 0 Å². The van der Waals surface area contributed by atoms with Gasteiger partial charge in [-0.3, -0.25) is 14.3 Å². The van der Waals surface area contributed by atoms with Gasteiger partial charge in [0.25, 0.3) is 5.56 Å². The van der Waals surface area contributed by atoms with Crippen molar-refractivity contribution in [2.24, 2.45) is 5.73 Å². The molecular weight excluding hydrogens is 182 g/mol. The van der Waals surface area contributed by atoms with Gasteiger partial charge >= 0.3 is 5.69 Å². The van der Waals surface area contributed by atoms with Gasteiger partial charge in [0.1, 0.15) is 0 Å². The van der Waals surface area contributed by atoms with E-state index in [0.717, 1.165) is 19.3 Å². The van der Waals surface area contributed by atoms with Crippen molar-refractivity contribution in [3.63, 3.8) is 0 Å². The Morgan fingerprint density at radius 3 is 2.79 bits per heavy atom. The van der Waals surface area contributed by atoms with Gasteiger partial charge in [0.2, 0.25) is 0 Å². The van der Waals surface area contributed by atoms with Crippen molar-refractivity contribution in [2.45, 2.75) is 31.3 Å². The van der Waals surface area contributed by atoms with Crippen LogP contribution in [0.3, 0.4) is 0 Å². The zero-order valence-electron chi connectivity index (χ0n) is 7.77. The summed E-state index contributed by atoms with van der Waals surface area (Å²) in [4.78, 5) is 24.5. The molecule has 1 saturated carbocycles. The molecule has 0 amide bonds. The van der Waals surface area contributed by atoms with E-state index in [0.29, 0.717) is 0 Å². The molecule has 2 rings (SSSR count). The summed E-state index contributed by atoms with van der Waals surface area (Å²) in [5.41, 5.74) is 5.14. The fourth-order valence-electron chi connectivity index (χ4n) is 2.00. The molecule has 76 valence electrons. The molecule has 0 saturated heterocycles. The summed E-state index contributed by atoms with van der Waals surface area (Å²) in [6.45, 7) is 0. The summed E-state index contributed by atoms with van der Waals surface area (Å²) < 4.78 is 1.53. The third-order valence-corrected chi connectivity index (χ3v) is 2.74. The van der Waals surface area contributed by atoms with Crippen molar-refractivity contribution < 1.29 is 0 Å². The molecule has 5 nitrogen and oxygen atoms in total. The average molecular weight is 195 g/mol. The van der Waals surface area contributed by atoms with Crippen molar-refractivity contribution >= 4 is 0 Å². The molecule has 0 spiro atoms. The fraction of sp³-hybridized carbons (Fsp3) is 0.556. The maximum atomic E-state index is 11.4. The lowest BCUT2D eigenvalue weighted by molar-refractivity contribution is 0.441. The van der Waals surface area contributed by atoms with Gasteiger partial charge in [-0.2, -0.15) is 0 Å². The molecule has 0 radical (unpaired) electrons. The Morgan fingerprint density at radius 1 is 1.43 bits per heavy atom. The smallest absolute Gasteiger partial charge is 0.326 e. The Hall–Kier alpha value is -1.36. The second-order valence-corrected chi connectivity index (χ2v) is 3.68. The molecule has 3 N–H and O–H groups in total. The highest BCUT2D eigenvalue weighted by atomic mass is 16.2. The molecule has 2 atom stereocenters. The van der Waals surface area contributed by atoms with Gasteiger partial charge in [-0.25, -0.2) is 4.79 Å². The third-order valence-electron chi connectivity index (χ3n) is 2.74. The molecule has 2 unspecified atom stereocenters. The minimum atomic E-state index is -0.363. The van der Waals surface area contributed by atoms with E-state index in [9.17, 15) is 9.59 Å². The Labute approximate surface area is 80.6 Å². The number of hydrogen-bond acceptors (Lipinski definition) is 3. The minimum Gasteiger partial charge on any atom is -0.326 e. The Bertz CT molecular complexity index is 434. The van der Waals surface area contributed by atoms with E-state index in [1.165, 1.54) is 16.8 Å². The van der Waals surface area contributed by atoms with Crippen molar-refractivity contribution in [1.29, 1.82) is 0 Å². The van der Waals surface area contributed by atoms with Crippen LogP contribution < -0.4 is 17.0 Å². The van der Waals surface area contributed by atoms with Gasteiger partial charge in [0.15, 0.2) is 0 Å². The van der Waals surface area contributed by atoms with E-state index in [2.05, 4.69) is 4.98 Å². The maximum absolute atomic E-state index is 11.4. The van der Waals surface area contributed by atoms with Gasteiger partial charge in [-0.1, -0.05) is 0 Å². The number of H-pyrrole nitrogens is 1. The zero-order chi connectivity index (χ0) is 10.1. The van der Waals surface area contributed by atoms with E-state index >= 15 is 0 Å². The van der Waals surface area contributed by atoms with Gasteiger partial charge in [-0.05, 0) is 19.3 Å². The molecule has 1 aliphatic carbocycles. The van der Waals surface area contributed by atoms with E-state index in [-0.39, 0.29) is 23.3 Å². The normalized spacial score (nSPS) is 26.6. The predicted molar refractivity (Wildman–Crippen MR) is 52.2 cm³/mol. The first-order chi connectivity index (χ1) is 6.68. The second kappa shape index (κ2) is 3.42. The first kappa shape index (κ1) is 9.21. The van der Waals surface area contributed by atoms with Gasteiger partial charge in [0, 0.05) is 18.3 Å². The fourth-order valence-corrected chi connectivity index (χ4v) is 2.00. The molecule has 1 aromatic rings. The van der Waals surface area contributed by atoms with Crippen LogP contribution in [-0.4, -0.2) is 15.6 Å². The van der Waals surface area contributed by atoms with Crippen LogP contribution in [0.5, 0.6) is 0 Å². The molecule has 1 fully saturated rings.